The zero-order chi connectivity index (χ0) is 15.6. The van der Waals surface area contributed by atoms with Gasteiger partial charge in [0.05, 0.1) is 12.7 Å². The van der Waals surface area contributed by atoms with Crippen LogP contribution in [0.15, 0.2) is 45.4 Å². The number of rotatable bonds is 4. The maximum atomic E-state index is 9.50. The van der Waals surface area contributed by atoms with E-state index in [9.17, 15) is 5.11 Å². The largest absolute Gasteiger partial charge is 0.391 e. The van der Waals surface area contributed by atoms with Gasteiger partial charge in [-0.2, -0.15) is 0 Å². The molecule has 0 saturated heterocycles. The number of allylic oxidation sites excluding steroid dienone is 2. The topological polar surface area (TPSA) is 29.5 Å². The molecule has 1 aromatic carbocycles. The summed E-state index contributed by atoms with van der Waals surface area (Å²) in [5, 5.41) is 9.50. The van der Waals surface area contributed by atoms with E-state index < -0.39 is 9.34 Å². The van der Waals surface area contributed by atoms with E-state index in [1.165, 1.54) is 0 Å². The summed E-state index contributed by atoms with van der Waals surface area (Å²) in [7, 11) is 0. The van der Waals surface area contributed by atoms with Gasteiger partial charge in [0.25, 0.3) is 0 Å². The molecule has 0 saturated carbocycles. The summed E-state index contributed by atoms with van der Waals surface area (Å²) in [6, 6.07) is 8.06. The second-order valence-electron chi connectivity index (χ2n) is 4.88. The van der Waals surface area contributed by atoms with Crippen LogP contribution in [0.3, 0.4) is 0 Å². The maximum absolute atomic E-state index is 9.50. The van der Waals surface area contributed by atoms with Crippen LogP contribution in [-0.4, -0.2) is 27.2 Å². The number of hydrogen-bond donors (Lipinski definition) is 1. The zero-order valence-electron chi connectivity index (χ0n) is 11.2. The highest BCUT2D eigenvalue weighted by Crippen LogP contribution is 2.46. The van der Waals surface area contributed by atoms with Gasteiger partial charge < -0.3 is 9.84 Å². The van der Waals surface area contributed by atoms with Crippen molar-refractivity contribution in [1.29, 1.82) is 0 Å². The predicted octanol–water partition coefficient (Wildman–Crippen LogP) is 5.38. The van der Waals surface area contributed by atoms with E-state index in [1.54, 1.807) is 6.92 Å². The van der Waals surface area contributed by atoms with Crippen molar-refractivity contribution in [3.63, 3.8) is 0 Å². The molecule has 0 bridgehead atoms. The fraction of sp³-hybridized carbons (Fsp3) is 0.333. The smallest absolute Gasteiger partial charge is 0.130 e. The number of aliphatic hydroxyl groups is 1. The molecule has 0 radical (unpaired) electrons. The summed E-state index contributed by atoms with van der Waals surface area (Å²) in [6.07, 6.45) is 3.25. The van der Waals surface area contributed by atoms with Gasteiger partial charge in [-0.25, -0.2) is 0 Å². The van der Waals surface area contributed by atoms with Crippen LogP contribution < -0.4 is 0 Å². The summed E-state index contributed by atoms with van der Waals surface area (Å²) >= 11 is 14.3. The minimum atomic E-state index is -0.528. The molecule has 1 aromatic rings. The van der Waals surface area contributed by atoms with Gasteiger partial charge in [0, 0.05) is 8.96 Å². The Hall–Kier alpha value is 0.540. The molecule has 114 valence electrons. The average Bonchev–Trinajstić information content (AvgIpc) is 2.35. The van der Waals surface area contributed by atoms with Crippen molar-refractivity contribution in [1.82, 2.24) is 0 Å². The normalized spacial score (nSPS) is 22.5. The van der Waals surface area contributed by atoms with Crippen molar-refractivity contribution in [3.8, 4) is 0 Å². The number of halogens is 4. The van der Waals surface area contributed by atoms with Gasteiger partial charge in [0.2, 0.25) is 0 Å². The third-order valence-electron chi connectivity index (χ3n) is 2.92. The number of benzene rings is 1. The third-order valence-corrected chi connectivity index (χ3v) is 5.16. The zero-order valence-corrected chi connectivity index (χ0v) is 17.5. The molecule has 2 rings (SSSR count). The molecule has 0 fully saturated rings. The molecule has 1 aliphatic carbocycles. The van der Waals surface area contributed by atoms with Gasteiger partial charge in [-0.15, -0.1) is 0 Å². The molecule has 0 amide bonds. The Kier molecular flexibility index (Phi) is 6.31. The summed E-state index contributed by atoms with van der Waals surface area (Å²) in [5.74, 6) is 0. The van der Waals surface area contributed by atoms with E-state index in [1.807, 2.05) is 36.4 Å². The number of aliphatic hydroxyl groups excluding tert-OH is 1. The summed E-state index contributed by atoms with van der Waals surface area (Å²) < 4.78 is 7.37. The second kappa shape index (κ2) is 7.41. The lowest BCUT2D eigenvalue weighted by Crippen LogP contribution is -2.36. The minimum absolute atomic E-state index is 0.261. The third kappa shape index (κ3) is 4.75. The van der Waals surface area contributed by atoms with E-state index in [-0.39, 0.29) is 12.7 Å². The van der Waals surface area contributed by atoms with Gasteiger partial charge in [0.1, 0.15) is 9.34 Å². The average molecular weight is 546 g/mol. The van der Waals surface area contributed by atoms with Gasteiger partial charge in [-0.3, -0.25) is 0 Å². The Labute approximate surface area is 158 Å². The maximum Gasteiger partial charge on any atom is 0.130 e. The van der Waals surface area contributed by atoms with Gasteiger partial charge in [0.15, 0.2) is 0 Å². The SMILES string of the molecule is CC(O)COC1C(c2cccc(Br)c2)=CC(Br)=CC1(Br)Br. The van der Waals surface area contributed by atoms with E-state index in [0.717, 1.165) is 20.1 Å². The molecule has 6 heteroatoms. The minimum Gasteiger partial charge on any atom is -0.391 e. The van der Waals surface area contributed by atoms with Crippen LogP contribution >= 0.6 is 63.7 Å². The van der Waals surface area contributed by atoms with Crippen LogP contribution in [0.25, 0.3) is 5.57 Å². The first-order valence-electron chi connectivity index (χ1n) is 6.33. The molecule has 0 heterocycles. The van der Waals surface area contributed by atoms with Crippen LogP contribution in [-0.2, 0) is 4.74 Å². The lowest BCUT2D eigenvalue weighted by molar-refractivity contribution is 0.0224. The first-order chi connectivity index (χ1) is 9.79. The Morgan fingerprint density at radius 3 is 2.67 bits per heavy atom. The Balaban J connectivity index is 2.40. The summed E-state index contributed by atoms with van der Waals surface area (Å²) in [6.45, 7) is 1.97. The van der Waals surface area contributed by atoms with E-state index in [0.29, 0.717) is 0 Å². The van der Waals surface area contributed by atoms with Crippen LogP contribution in [0.5, 0.6) is 0 Å². The van der Waals surface area contributed by atoms with Crippen molar-refractivity contribution >= 4 is 69.3 Å². The van der Waals surface area contributed by atoms with Crippen molar-refractivity contribution in [3.05, 3.63) is 50.9 Å². The number of hydrogen-bond acceptors (Lipinski definition) is 2. The van der Waals surface area contributed by atoms with Gasteiger partial charge >= 0.3 is 0 Å². The molecule has 0 aliphatic heterocycles. The quantitative estimate of drug-likeness (QED) is 0.515. The lowest BCUT2D eigenvalue weighted by Gasteiger charge is -2.34. The van der Waals surface area contributed by atoms with Gasteiger partial charge in [-0.05, 0) is 42.3 Å². The number of ether oxygens (including phenoxy) is 1. The van der Waals surface area contributed by atoms with E-state index >= 15 is 0 Å². The molecular formula is C15H14Br4O2. The lowest BCUT2D eigenvalue weighted by atomic mass is 9.94. The van der Waals surface area contributed by atoms with Crippen molar-refractivity contribution in [2.24, 2.45) is 0 Å². The van der Waals surface area contributed by atoms with Gasteiger partial charge in [-0.1, -0.05) is 75.9 Å². The summed E-state index contributed by atoms with van der Waals surface area (Å²) in [5.41, 5.74) is 2.09. The highest BCUT2D eigenvalue weighted by molar-refractivity contribution is 9.25. The standard InChI is InChI=1S/C15H14Br4O2/c1-9(20)8-21-14-13(6-12(17)7-15(14,18)19)10-3-2-4-11(16)5-10/h2-7,9,14,20H,8H2,1H3. The fourth-order valence-corrected chi connectivity index (χ4v) is 4.94. The summed E-state index contributed by atoms with van der Waals surface area (Å²) in [4.78, 5) is 0. The molecule has 0 spiro atoms. The van der Waals surface area contributed by atoms with E-state index in [4.69, 9.17) is 4.74 Å². The van der Waals surface area contributed by atoms with Crippen LogP contribution in [0, 0.1) is 0 Å². The highest BCUT2D eigenvalue weighted by Gasteiger charge is 2.39. The first-order valence-corrected chi connectivity index (χ1v) is 9.50. The van der Waals surface area contributed by atoms with Crippen molar-refractivity contribution in [2.45, 2.75) is 22.4 Å². The van der Waals surface area contributed by atoms with Crippen molar-refractivity contribution < 1.29 is 9.84 Å². The van der Waals surface area contributed by atoms with Crippen LogP contribution in [0.2, 0.25) is 0 Å². The predicted molar refractivity (Wildman–Crippen MR) is 101 cm³/mol. The molecule has 0 aromatic heterocycles. The number of alkyl halides is 2. The van der Waals surface area contributed by atoms with Crippen LogP contribution in [0.4, 0.5) is 0 Å². The fourth-order valence-electron chi connectivity index (χ4n) is 2.07. The Morgan fingerprint density at radius 2 is 2.05 bits per heavy atom. The molecule has 1 aliphatic rings. The first kappa shape index (κ1) is 17.9. The Morgan fingerprint density at radius 1 is 1.33 bits per heavy atom. The molecule has 21 heavy (non-hydrogen) atoms. The van der Waals surface area contributed by atoms with E-state index in [2.05, 4.69) is 63.7 Å². The highest BCUT2D eigenvalue weighted by atomic mass is 79.9. The van der Waals surface area contributed by atoms with Crippen molar-refractivity contribution in [2.75, 3.05) is 6.61 Å². The van der Waals surface area contributed by atoms with Crippen LogP contribution in [0.1, 0.15) is 12.5 Å². The second-order valence-corrected chi connectivity index (χ2v) is 10.4. The molecular weight excluding hydrogens is 532 g/mol. The molecule has 2 atom stereocenters. The Bertz CT molecular complexity index is 579. The molecule has 2 nitrogen and oxygen atoms in total. The monoisotopic (exact) mass is 542 g/mol. The molecule has 1 N–H and O–H groups in total. The molecule has 2 unspecified atom stereocenters.